The van der Waals surface area contributed by atoms with Gasteiger partial charge in [-0.1, -0.05) is 29.8 Å². The number of aromatic nitrogens is 3. The number of aryl methyl sites for hydroxylation is 2. The van der Waals surface area contributed by atoms with Gasteiger partial charge in [-0.25, -0.2) is 23.1 Å². The molecule has 0 atom stereocenters. The second-order valence-corrected chi connectivity index (χ2v) is 11.0. The maximum absolute atomic E-state index is 13.2. The second kappa shape index (κ2) is 9.07. The number of nitrogens with one attached hydrogen (secondary N) is 1. The summed E-state index contributed by atoms with van der Waals surface area (Å²) < 4.78 is 31.0. The average molecular weight is 492 g/mol. The third kappa shape index (κ3) is 4.67. The van der Waals surface area contributed by atoms with Crippen LogP contribution in [-0.2, 0) is 10.0 Å². The van der Waals surface area contributed by atoms with Gasteiger partial charge in [0.15, 0.2) is 11.5 Å². The summed E-state index contributed by atoms with van der Waals surface area (Å²) >= 11 is 0. The van der Waals surface area contributed by atoms with Gasteiger partial charge in [0.1, 0.15) is 0 Å². The number of nitrogens with two attached hydrogens (primary N) is 1. The minimum Gasteiger partial charge on any atom is -0.393 e. The molecule has 9 heteroatoms. The van der Waals surface area contributed by atoms with Gasteiger partial charge >= 0.3 is 0 Å². The Hall–Kier alpha value is -3.27. The predicted molar refractivity (Wildman–Crippen MR) is 136 cm³/mol. The molecule has 35 heavy (non-hydrogen) atoms. The molecule has 1 aliphatic rings. The summed E-state index contributed by atoms with van der Waals surface area (Å²) in [5.41, 5.74) is 11.9. The summed E-state index contributed by atoms with van der Waals surface area (Å²) in [6.45, 7) is 3.96. The Morgan fingerprint density at radius 3 is 2.60 bits per heavy atom. The Morgan fingerprint density at radius 1 is 1.09 bits per heavy atom. The number of benzene rings is 2. The maximum Gasteiger partial charge on any atom is 0.240 e. The van der Waals surface area contributed by atoms with Crippen LogP contribution < -0.4 is 10.5 Å². The molecular formula is C26H29N5O3S. The van der Waals surface area contributed by atoms with Crippen LogP contribution in [0.4, 0.5) is 5.82 Å². The molecule has 1 aliphatic carbocycles. The van der Waals surface area contributed by atoms with Gasteiger partial charge in [0.05, 0.1) is 28.6 Å². The molecule has 8 nitrogen and oxygen atoms in total. The fraction of sp³-hybridized carbons (Fsp3) is 0.308. The molecule has 0 bridgehead atoms. The Kier molecular flexibility index (Phi) is 6.08. The third-order valence-corrected chi connectivity index (χ3v) is 8.16. The highest BCUT2D eigenvalue weighted by Gasteiger charge is 2.25. The van der Waals surface area contributed by atoms with Crippen molar-refractivity contribution in [1.82, 2.24) is 19.1 Å². The number of imidazole rings is 1. The standard InChI is InChI=1S/C26H29N5O3S/c1-16-4-3-5-18(12-16)23-15-31-24(14-28-26(31)25(27)29-23)22-13-21(11-6-17(22)2)35(33,34)30-19-7-9-20(32)10-8-19/h3-6,11-15,19-20,30,32H,7-10H2,1-2H3,(H2,27,29)/t19-,20-. The summed E-state index contributed by atoms with van der Waals surface area (Å²) in [6, 6.07) is 12.9. The number of nitrogens with zero attached hydrogens (tertiary/aromatic N) is 3. The van der Waals surface area contributed by atoms with E-state index in [-0.39, 0.29) is 17.0 Å². The number of hydrogen-bond acceptors (Lipinski definition) is 6. The molecule has 0 aliphatic heterocycles. The van der Waals surface area contributed by atoms with Crippen molar-refractivity contribution in [3.05, 3.63) is 66.0 Å². The summed E-state index contributed by atoms with van der Waals surface area (Å²) in [7, 11) is -3.72. The first-order valence-electron chi connectivity index (χ1n) is 11.7. The summed E-state index contributed by atoms with van der Waals surface area (Å²) in [6.07, 6.45) is 5.70. The molecule has 0 spiro atoms. The lowest BCUT2D eigenvalue weighted by Crippen LogP contribution is -2.38. The molecule has 4 N–H and O–H groups in total. The van der Waals surface area contributed by atoms with E-state index in [0.717, 1.165) is 27.9 Å². The number of hydrogen-bond donors (Lipinski definition) is 3. The highest BCUT2D eigenvalue weighted by molar-refractivity contribution is 7.89. The van der Waals surface area contributed by atoms with E-state index in [4.69, 9.17) is 5.73 Å². The molecule has 1 saturated carbocycles. The van der Waals surface area contributed by atoms with Crippen LogP contribution in [0.5, 0.6) is 0 Å². The molecule has 2 aromatic carbocycles. The molecule has 5 rings (SSSR count). The van der Waals surface area contributed by atoms with Crippen LogP contribution >= 0.6 is 0 Å². The summed E-state index contributed by atoms with van der Waals surface area (Å²) in [5.74, 6) is 0.304. The first kappa shape index (κ1) is 23.5. The van der Waals surface area contributed by atoms with E-state index in [1.807, 2.05) is 48.7 Å². The van der Waals surface area contributed by atoms with Crippen LogP contribution in [0.25, 0.3) is 28.2 Å². The Labute approximate surface area is 204 Å². The Morgan fingerprint density at radius 2 is 1.86 bits per heavy atom. The van der Waals surface area contributed by atoms with E-state index >= 15 is 0 Å². The van der Waals surface area contributed by atoms with E-state index in [2.05, 4.69) is 14.7 Å². The third-order valence-electron chi connectivity index (χ3n) is 6.65. The summed E-state index contributed by atoms with van der Waals surface area (Å²) in [5, 5.41) is 9.73. The smallest absolute Gasteiger partial charge is 0.240 e. The number of nitrogen functional groups attached to an aromatic ring is 1. The van der Waals surface area contributed by atoms with Gasteiger partial charge in [-0.15, -0.1) is 0 Å². The molecule has 2 aromatic heterocycles. The first-order valence-corrected chi connectivity index (χ1v) is 13.2. The quantitative estimate of drug-likeness (QED) is 0.390. The number of fused-ring (bicyclic) bond motifs is 1. The van der Waals surface area contributed by atoms with Crippen molar-refractivity contribution in [2.45, 2.75) is 56.6 Å². The first-order chi connectivity index (χ1) is 16.7. The second-order valence-electron chi connectivity index (χ2n) is 9.32. The number of rotatable bonds is 5. The van der Waals surface area contributed by atoms with E-state index in [1.54, 1.807) is 24.4 Å². The highest BCUT2D eigenvalue weighted by Crippen LogP contribution is 2.31. The molecule has 2 heterocycles. The lowest BCUT2D eigenvalue weighted by molar-refractivity contribution is 0.120. The van der Waals surface area contributed by atoms with Crippen LogP contribution in [0.2, 0.25) is 0 Å². The van der Waals surface area contributed by atoms with Gasteiger partial charge in [-0.05, 0) is 63.3 Å². The maximum atomic E-state index is 13.2. The fourth-order valence-electron chi connectivity index (χ4n) is 4.68. The van der Waals surface area contributed by atoms with E-state index in [1.165, 1.54) is 0 Å². The zero-order valence-corrected chi connectivity index (χ0v) is 20.6. The normalized spacial score (nSPS) is 18.7. The van der Waals surface area contributed by atoms with Crippen molar-refractivity contribution >= 4 is 21.5 Å². The summed E-state index contributed by atoms with van der Waals surface area (Å²) in [4.78, 5) is 9.20. The van der Waals surface area contributed by atoms with E-state index in [9.17, 15) is 13.5 Å². The van der Waals surface area contributed by atoms with E-state index in [0.29, 0.717) is 42.8 Å². The molecular weight excluding hydrogens is 462 g/mol. The van der Waals surface area contributed by atoms with Crippen LogP contribution in [0.3, 0.4) is 0 Å². The van der Waals surface area contributed by atoms with Gasteiger partial charge in [0.25, 0.3) is 0 Å². The van der Waals surface area contributed by atoms with Crippen LogP contribution in [0, 0.1) is 13.8 Å². The zero-order valence-electron chi connectivity index (χ0n) is 19.8. The average Bonchev–Trinajstić information content (AvgIpc) is 3.25. The van der Waals surface area contributed by atoms with Crippen LogP contribution in [0.1, 0.15) is 36.8 Å². The zero-order chi connectivity index (χ0) is 24.7. The topological polar surface area (TPSA) is 123 Å². The predicted octanol–water partition coefficient (Wildman–Crippen LogP) is 3.84. The minimum absolute atomic E-state index is 0.174. The number of anilines is 1. The van der Waals surface area contributed by atoms with Crippen molar-refractivity contribution in [3.8, 4) is 22.5 Å². The lowest BCUT2D eigenvalue weighted by Gasteiger charge is -2.26. The highest BCUT2D eigenvalue weighted by atomic mass is 32.2. The number of aliphatic hydroxyl groups is 1. The van der Waals surface area contributed by atoms with Gasteiger partial charge < -0.3 is 10.8 Å². The van der Waals surface area contributed by atoms with Crippen molar-refractivity contribution in [1.29, 1.82) is 0 Å². The molecule has 0 amide bonds. The van der Waals surface area contributed by atoms with Crippen LogP contribution in [-0.4, -0.2) is 40.0 Å². The van der Waals surface area contributed by atoms with Gasteiger partial charge in [-0.3, -0.25) is 4.40 Å². The largest absolute Gasteiger partial charge is 0.393 e. The van der Waals surface area contributed by atoms with E-state index < -0.39 is 10.0 Å². The molecule has 182 valence electrons. The van der Waals surface area contributed by atoms with Gasteiger partial charge in [-0.2, -0.15) is 0 Å². The fourth-order valence-corrected chi connectivity index (χ4v) is 6.01. The molecule has 4 aromatic rings. The Balaban J connectivity index is 1.55. The van der Waals surface area contributed by atoms with Gasteiger partial charge in [0, 0.05) is 23.4 Å². The van der Waals surface area contributed by atoms with Gasteiger partial charge in [0.2, 0.25) is 10.0 Å². The SMILES string of the molecule is Cc1cccc(-c2cn3c(-c4cc(S(=O)(=O)N[C@H]5CC[C@H](O)CC5)ccc4C)cnc3c(N)n2)c1. The Bertz CT molecular complexity index is 1500. The minimum atomic E-state index is -3.72. The van der Waals surface area contributed by atoms with Crippen molar-refractivity contribution in [2.24, 2.45) is 0 Å². The monoisotopic (exact) mass is 491 g/mol. The molecule has 0 radical (unpaired) electrons. The lowest BCUT2D eigenvalue weighted by atomic mass is 9.94. The molecule has 0 unspecified atom stereocenters. The van der Waals surface area contributed by atoms with Crippen molar-refractivity contribution in [3.63, 3.8) is 0 Å². The van der Waals surface area contributed by atoms with Crippen molar-refractivity contribution in [2.75, 3.05) is 5.73 Å². The number of sulfonamides is 1. The number of aliphatic hydroxyl groups excluding tert-OH is 1. The van der Waals surface area contributed by atoms with Crippen molar-refractivity contribution < 1.29 is 13.5 Å². The molecule has 0 saturated heterocycles. The van der Waals surface area contributed by atoms with Crippen LogP contribution in [0.15, 0.2) is 59.8 Å². The molecule has 1 fully saturated rings.